The van der Waals surface area contributed by atoms with Gasteiger partial charge in [-0.15, -0.1) is 0 Å². The minimum atomic E-state index is -0.468. The number of hydrogen-bond donors (Lipinski definition) is 1. The number of non-ortho nitro benzene ring substituents is 1. The molecule has 21 heavy (non-hydrogen) atoms. The van der Waals surface area contributed by atoms with Crippen molar-refractivity contribution in [3.8, 4) is 0 Å². The van der Waals surface area contributed by atoms with Crippen LogP contribution in [-0.2, 0) is 6.54 Å². The summed E-state index contributed by atoms with van der Waals surface area (Å²) < 4.78 is 0.865. The Labute approximate surface area is 139 Å². The predicted molar refractivity (Wildman–Crippen MR) is 88.4 cm³/mol. The van der Waals surface area contributed by atoms with E-state index in [-0.39, 0.29) is 18.1 Å². The fourth-order valence-corrected chi connectivity index (χ4v) is 2.22. The molecular formula is C14H10ClIN2O3. The van der Waals surface area contributed by atoms with Gasteiger partial charge in [0.2, 0.25) is 0 Å². The summed E-state index contributed by atoms with van der Waals surface area (Å²) in [5, 5.41) is 13.9. The second-order valence-corrected chi connectivity index (χ2v) is 5.81. The molecule has 0 aromatic heterocycles. The molecular weight excluding hydrogens is 407 g/mol. The fourth-order valence-electron chi connectivity index (χ4n) is 1.70. The third kappa shape index (κ3) is 4.15. The van der Waals surface area contributed by atoms with Crippen LogP contribution in [0.1, 0.15) is 15.9 Å². The van der Waals surface area contributed by atoms with E-state index in [9.17, 15) is 14.9 Å². The van der Waals surface area contributed by atoms with E-state index in [2.05, 4.69) is 27.9 Å². The van der Waals surface area contributed by atoms with Crippen molar-refractivity contribution >= 4 is 45.8 Å². The lowest BCUT2D eigenvalue weighted by Gasteiger charge is -2.06. The molecule has 0 aliphatic rings. The number of amides is 1. The van der Waals surface area contributed by atoms with Gasteiger partial charge in [0.1, 0.15) is 0 Å². The molecule has 108 valence electrons. The molecule has 2 aromatic carbocycles. The van der Waals surface area contributed by atoms with Gasteiger partial charge in [0.05, 0.1) is 9.95 Å². The summed E-state index contributed by atoms with van der Waals surface area (Å²) in [7, 11) is 0. The molecule has 0 fully saturated rings. The molecule has 0 aliphatic carbocycles. The third-order valence-corrected chi connectivity index (χ3v) is 4.33. The van der Waals surface area contributed by atoms with Gasteiger partial charge < -0.3 is 5.32 Å². The molecule has 7 heteroatoms. The van der Waals surface area contributed by atoms with Crippen LogP contribution in [0, 0.1) is 13.7 Å². The van der Waals surface area contributed by atoms with Gasteiger partial charge in [-0.25, -0.2) is 0 Å². The highest BCUT2D eigenvalue weighted by Crippen LogP contribution is 2.19. The smallest absolute Gasteiger partial charge is 0.269 e. The minimum absolute atomic E-state index is 0.000872. The Balaban J connectivity index is 2.05. The molecule has 0 bridgehead atoms. The number of benzene rings is 2. The fraction of sp³-hybridized carbons (Fsp3) is 0.0714. The van der Waals surface area contributed by atoms with Gasteiger partial charge in [0.25, 0.3) is 11.6 Å². The number of nitrogens with zero attached hydrogens (tertiary/aromatic N) is 1. The topological polar surface area (TPSA) is 72.2 Å². The molecule has 0 unspecified atom stereocenters. The Morgan fingerprint density at radius 2 is 2.05 bits per heavy atom. The summed E-state index contributed by atoms with van der Waals surface area (Å²) in [6.45, 7) is 0.212. The van der Waals surface area contributed by atoms with Gasteiger partial charge >= 0.3 is 0 Å². The highest BCUT2D eigenvalue weighted by molar-refractivity contribution is 14.1. The van der Waals surface area contributed by atoms with Crippen LogP contribution in [0.5, 0.6) is 0 Å². The number of carbonyl (C=O) groups is 1. The van der Waals surface area contributed by atoms with E-state index in [0.29, 0.717) is 16.1 Å². The van der Waals surface area contributed by atoms with Crippen molar-refractivity contribution in [3.05, 3.63) is 72.3 Å². The van der Waals surface area contributed by atoms with Crippen molar-refractivity contribution in [1.82, 2.24) is 5.32 Å². The Morgan fingerprint density at radius 3 is 2.71 bits per heavy atom. The molecule has 2 aromatic rings. The summed E-state index contributed by atoms with van der Waals surface area (Å²) in [6, 6.07) is 11.2. The average molecular weight is 417 g/mol. The average Bonchev–Trinajstić information content (AvgIpc) is 2.48. The zero-order chi connectivity index (χ0) is 15.4. The summed E-state index contributed by atoms with van der Waals surface area (Å²) >= 11 is 8.05. The lowest BCUT2D eigenvalue weighted by molar-refractivity contribution is -0.384. The van der Waals surface area contributed by atoms with E-state index >= 15 is 0 Å². The Bertz CT molecular complexity index is 706. The van der Waals surface area contributed by atoms with Crippen LogP contribution >= 0.6 is 34.2 Å². The van der Waals surface area contributed by atoms with E-state index in [4.69, 9.17) is 11.6 Å². The van der Waals surface area contributed by atoms with Crippen LogP contribution in [-0.4, -0.2) is 10.8 Å². The van der Waals surface area contributed by atoms with Crippen LogP contribution in [0.4, 0.5) is 5.69 Å². The first kappa shape index (κ1) is 15.7. The van der Waals surface area contributed by atoms with Gasteiger partial charge in [-0.3, -0.25) is 14.9 Å². The van der Waals surface area contributed by atoms with Gasteiger partial charge in [0, 0.05) is 27.8 Å². The van der Waals surface area contributed by atoms with E-state index in [1.807, 2.05) is 0 Å². The monoisotopic (exact) mass is 416 g/mol. The molecule has 0 aliphatic heterocycles. The molecule has 0 spiro atoms. The molecule has 2 rings (SSSR count). The summed E-state index contributed by atoms with van der Waals surface area (Å²) in [5.41, 5.74) is 1.11. The maximum atomic E-state index is 12.0. The number of nitro groups is 1. The first-order chi connectivity index (χ1) is 9.97. The molecule has 1 amide bonds. The number of nitrogens with one attached hydrogen (secondary N) is 1. The second kappa shape index (κ2) is 6.86. The van der Waals surface area contributed by atoms with Crippen LogP contribution in [0.3, 0.4) is 0 Å². The Morgan fingerprint density at radius 1 is 1.29 bits per heavy atom. The largest absolute Gasteiger partial charge is 0.348 e. The lowest BCUT2D eigenvalue weighted by atomic mass is 10.2. The Hall–Kier alpha value is -1.67. The van der Waals surface area contributed by atoms with Crippen LogP contribution < -0.4 is 5.32 Å². The maximum absolute atomic E-state index is 12.0. The van der Waals surface area contributed by atoms with Crippen molar-refractivity contribution in [3.63, 3.8) is 0 Å². The van der Waals surface area contributed by atoms with Crippen molar-refractivity contribution in [1.29, 1.82) is 0 Å². The third-order valence-electron chi connectivity index (χ3n) is 2.76. The highest BCUT2D eigenvalue weighted by Gasteiger charge is 2.09. The second-order valence-electron chi connectivity index (χ2n) is 4.24. The number of carbonyl (C=O) groups excluding carboxylic acids is 1. The van der Waals surface area contributed by atoms with Crippen molar-refractivity contribution < 1.29 is 9.72 Å². The van der Waals surface area contributed by atoms with Crippen molar-refractivity contribution in [2.45, 2.75) is 6.54 Å². The Kier molecular flexibility index (Phi) is 5.13. The van der Waals surface area contributed by atoms with Gasteiger partial charge in [-0.2, -0.15) is 0 Å². The summed E-state index contributed by atoms with van der Waals surface area (Å²) in [5.74, 6) is -0.278. The SMILES string of the molecule is O=C(NCc1cccc([N+](=O)[O-])c1)c1ccc(I)c(Cl)c1. The number of hydrogen-bond acceptors (Lipinski definition) is 3. The van der Waals surface area contributed by atoms with E-state index < -0.39 is 4.92 Å². The lowest BCUT2D eigenvalue weighted by Crippen LogP contribution is -2.22. The van der Waals surface area contributed by atoms with Gasteiger partial charge in [-0.05, 0) is 46.4 Å². The van der Waals surface area contributed by atoms with Crippen LogP contribution in [0.15, 0.2) is 42.5 Å². The van der Waals surface area contributed by atoms with E-state index in [1.165, 1.54) is 12.1 Å². The van der Waals surface area contributed by atoms with E-state index in [0.717, 1.165) is 3.57 Å². The maximum Gasteiger partial charge on any atom is 0.269 e. The first-order valence-corrected chi connectivity index (χ1v) is 7.39. The van der Waals surface area contributed by atoms with Crippen molar-refractivity contribution in [2.24, 2.45) is 0 Å². The zero-order valence-corrected chi connectivity index (χ0v) is 13.6. The normalized spacial score (nSPS) is 10.2. The standard InChI is InChI=1S/C14H10ClIN2O3/c15-12-7-10(4-5-13(12)16)14(19)17-8-9-2-1-3-11(6-9)18(20)21/h1-7H,8H2,(H,17,19). The molecule has 0 heterocycles. The quantitative estimate of drug-likeness (QED) is 0.468. The molecule has 0 atom stereocenters. The first-order valence-electron chi connectivity index (χ1n) is 5.94. The van der Waals surface area contributed by atoms with E-state index in [1.54, 1.807) is 30.3 Å². The van der Waals surface area contributed by atoms with Gasteiger partial charge in [-0.1, -0.05) is 23.7 Å². The minimum Gasteiger partial charge on any atom is -0.348 e. The summed E-state index contributed by atoms with van der Waals surface area (Å²) in [4.78, 5) is 22.2. The number of nitro benzene ring substituents is 1. The zero-order valence-electron chi connectivity index (χ0n) is 10.7. The number of rotatable bonds is 4. The van der Waals surface area contributed by atoms with Crippen LogP contribution in [0.25, 0.3) is 0 Å². The van der Waals surface area contributed by atoms with Crippen molar-refractivity contribution in [2.75, 3.05) is 0 Å². The van der Waals surface area contributed by atoms with Gasteiger partial charge in [0.15, 0.2) is 0 Å². The summed E-state index contributed by atoms with van der Waals surface area (Å²) in [6.07, 6.45) is 0. The number of halogens is 2. The highest BCUT2D eigenvalue weighted by atomic mass is 127. The molecule has 1 N–H and O–H groups in total. The van der Waals surface area contributed by atoms with Crippen LogP contribution in [0.2, 0.25) is 5.02 Å². The molecule has 0 saturated heterocycles. The molecule has 5 nitrogen and oxygen atoms in total. The molecule has 0 saturated carbocycles. The molecule has 0 radical (unpaired) electrons. The predicted octanol–water partition coefficient (Wildman–Crippen LogP) is 3.78.